The van der Waals surface area contributed by atoms with Crippen LogP contribution in [0.15, 0.2) is 66.7 Å². The van der Waals surface area contributed by atoms with E-state index in [0.29, 0.717) is 70.1 Å². The van der Waals surface area contributed by atoms with Crippen LogP contribution in [0.25, 0.3) is 0 Å². The number of nitrogens with zero attached hydrogens (tertiary/aromatic N) is 4. The zero-order chi connectivity index (χ0) is 50.3. The van der Waals surface area contributed by atoms with Crippen molar-refractivity contribution in [1.82, 2.24) is 20.9 Å². The van der Waals surface area contributed by atoms with Crippen LogP contribution in [0.5, 0.6) is 5.75 Å². The fourth-order valence-corrected chi connectivity index (χ4v) is 9.49. The van der Waals surface area contributed by atoms with Gasteiger partial charge in [0, 0.05) is 38.5 Å². The molecule has 2 saturated heterocycles. The lowest BCUT2D eigenvalue weighted by Gasteiger charge is -2.36. The third-order valence-corrected chi connectivity index (χ3v) is 13.3. The lowest BCUT2D eigenvalue weighted by molar-refractivity contribution is -0.144. The number of carbonyl (C=O) groups excluding carboxylic acids is 4. The lowest BCUT2D eigenvalue weighted by Crippen LogP contribution is -2.59. The minimum absolute atomic E-state index is 0.0128. The highest BCUT2D eigenvalue weighted by Gasteiger charge is 2.51. The molecule has 0 radical (unpaired) electrons. The van der Waals surface area contributed by atoms with Gasteiger partial charge in [-0.05, 0) is 138 Å². The van der Waals surface area contributed by atoms with Crippen LogP contribution >= 0.6 is 12.2 Å². The highest BCUT2D eigenvalue weighted by atomic mass is 32.1. The Bertz CT molecular complexity index is 2390. The molecule has 3 aromatic rings. The Kier molecular flexibility index (Phi) is 17.1. The maximum Gasteiger partial charge on any atom is 0.417 e. The summed E-state index contributed by atoms with van der Waals surface area (Å²) in [6, 6.07) is 17.3. The molecule has 5 atom stereocenters. The van der Waals surface area contributed by atoms with E-state index >= 15 is 0 Å². The molecule has 2 fully saturated rings. The number of rotatable bonds is 20. The summed E-state index contributed by atoms with van der Waals surface area (Å²) < 4.78 is 59.4. The Morgan fingerprint density at radius 1 is 0.942 bits per heavy atom. The Morgan fingerprint density at radius 3 is 2.30 bits per heavy atom. The average Bonchev–Trinajstić information content (AvgIpc) is 3.99. The van der Waals surface area contributed by atoms with Gasteiger partial charge >= 0.3 is 6.18 Å². The molecule has 3 N–H and O–H groups in total. The minimum atomic E-state index is -4.79. The fourth-order valence-electron chi connectivity index (χ4n) is 8.97. The van der Waals surface area contributed by atoms with Gasteiger partial charge in [-0.25, -0.2) is 0 Å². The first-order chi connectivity index (χ1) is 32.7. The average molecular weight is 976 g/mol. The second-order valence-electron chi connectivity index (χ2n) is 19.3. The van der Waals surface area contributed by atoms with Crippen molar-refractivity contribution in [3.63, 3.8) is 0 Å². The van der Waals surface area contributed by atoms with Crippen molar-refractivity contribution in [3.8, 4) is 11.8 Å². The van der Waals surface area contributed by atoms with Gasteiger partial charge in [0.25, 0.3) is 5.91 Å². The summed E-state index contributed by atoms with van der Waals surface area (Å²) in [6.45, 7) is 13.2. The van der Waals surface area contributed by atoms with Gasteiger partial charge < -0.3 is 40.0 Å². The summed E-state index contributed by atoms with van der Waals surface area (Å²) in [5.41, 5.74) is -0.874. The van der Waals surface area contributed by atoms with E-state index in [-0.39, 0.29) is 40.7 Å². The summed E-state index contributed by atoms with van der Waals surface area (Å²) in [5, 5.41) is 18.3. The van der Waals surface area contributed by atoms with E-state index < -0.39 is 52.3 Å². The van der Waals surface area contributed by atoms with Gasteiger partial charge in [0.1, 0.15) is 23.4 Å². The van der Waals surface area contributed by atoms with Crippen LogP contribution < -0.4 is 30.5 Å². The van der Waals surface area contributed by atoms with Gasteiger partial charge in [0.2, 0.25) is 17.7 Å². The molecule has 14 nitrogen and oxygen atoms in total. The van der Waals surface area contributed by atoms with Crippen LogP contribution in [0.2, 0.25) is 0 Å². The second-order valence-corrected chi connectivity index (χ2v) is 19.7. The number of unbranched alkanes of at least 4 members (excludes halogenated alkanes) is 2. The zero-order valence-corrected chi connectivity index (χ0v) is 41.2. The maximum atomic E-state index is 14.0. The highest BCUT2D eigenvalue weighted by molar-refractivity contribution is 7.81. The topological polar surface area (TPSA) is 166 Å². The molecule has 3 aromatic carbocycles. The van der Waals surface area contributed by atoms with E-state index in [9.17, 15) is 37.6 Å². The molecule has 0 saturated carbocycles. The number of hydrogen-bond donors (Lipinski definition) is 3. The summed E-state index contributed by atoms with van der Waals surface area (Å²) in [6.07, 6.45) is -0.0459. The van der Waals surface area contributed by atoms with E-state index in [0.717, 1.165) is 47.4 Å². The fraction of sp³-hybridized carbons (Fsp3) is 0.529. The van der Waals surface area contributed by atoms with E-state index in [1.807, 2.05) is 45.0 Å². The van der Waals surface area contributed by atoms with Gasteiger partial charge in [-0.15, -0.1) is 0 Å². The number of likely N-dealkylation sites (N-methyl/N-ethyl adjacent to an activating group) is 1. The normalized spacial score (nSPS) is 19.8. The molecule has 0 bridgehead atoms. The number of fused-ring (bicyclic) bond motifs is 1. The molecular weight excluding hydrogens is 912 g/mol. The van der Waals surface area contributed by atoms with Crippen LogP contribution in [0.1, 0.15) is 108 Å². The van der Waals surface area contributed by atoms with Crippen LogP contribution in [-0.4, -0.2) is 103 Å². The molecule has 1 aliphatic carbocycles. The number of thiocarbonyl (C=S) groups is 1. The summed E-state index contributed by atoms with van der Waals surface area (Å²) in [7, 11) is 1.69. The van der Waals surface area contributed by atoms with Crippen molar-refractivity contribution in [3.05, 3.63) is 89.0 Å². The molecule has 372 valence electrons. The number of halogens is 3. The minimum Gasteiger partial charge on any atom is -0.494 e. The molecular formula is C51H64F3N7O7S. The van der Waals surface area contributed by atoms with Crippen LogP contribution in [0.4, 0.5) is 24.5 Å². The molecule has 0 aromatic heterocycles. The van der Waals surface area contributed by atoms with Crippen molar-refractivity contribution in [2.24, 2.45) is 5.41 Å². The van der Waals surface area contributed by atoms with Crippen molar-refractivity contribution >= 4 is 52.3 Å². The monoisotopic (exact) mass is 975 g/mol. The Hall–Kier alpha value is -5.61. The Labute approximate surface area is 408 Å². The number of nitrogens with one attached hydrogen (secondary N) is 3. The van der Waals surface area contributed by atoms with Gasteiger partial charge in [-0.2, -0.15) is 18.4 Å². The van der Waals surface area contributed by atoms with Crippen LogP contribution in [0.3, 0.4) is 0 Å². The Balaban J connectivity index is 0.908. The third kappa shape index (κ3) is 12.2. The SMILES string of the molecule is CN[C@@H](C)C(=O)NC(C(=O)N1CCC[C@H]1C(=O)N[C@H]1c2ccccc2C[C@H]1OCCCOCCCCCOc1ccc(N2C(=S)N(c3ccc(C#N)c(C(F)(F)F)c3)C(=O)C2(C)C)cc1)C(C)(C)C. The maximum absolute atomic E-state index is 14.0. The number of ether oxygens (including phenoxy) is 3. The largest absolute Gasteiger partial charge is 0.494 e. The van der Waals surface area contributed by atoms with E-state index in [1.165, 1.54) is 6.07 Å². The lowest BCUT2D eigenvalue weighted by atomic mass is 9.85. The first-order valence-electron chi connectivity index (χ1n) is 23.6. The van der Waals surface area contributed by atoms with Crippen molar-refractivity contribution in [1.29, 1.82) is 5.26 Å². The van der Waals surface area contributed by atoms with E-state index in [1.54, 1.807) is 68.0 Å². The van der Waals surface area contributed by atoms with Crippen molar-refractivity contribution < 1.29 is 46.6 Å². The number of amides is 4. The second kappa shape index (κ2) is 22.4. The zero-order valence-electron chi connectivity index (χ0n) is 40.4. The number of likely N-dealkylation sites (tertiary alicyclic amines) is 1. The van der Waals surface area contributed by atoms with Crippen molar-refractivity contribution in [2.75, 3.05) is 49.8 Å². The van der Waals surface area contributed by atoms with Crippen molar-refractivity contribution in [2.45, 2.75) is 128 Å². The number of nitriles is 1. The van der Waals surface area contributed by atoms with Crippen LogP contribution in [-0.2, 0) is 41.2 Å². The Morgan fingerprint density at radius 2 is 1.62 bits per heavy atom. The summed E-state index contributed by atoms with van der Waals surface area (Å²) in [5.74, 6) is -0.674. The quantitative estimate of drug-likeness (QED) is 0.0765. The van der Waals surface area contributed by atoms with E-state index in [4.69, 9.17) is 26.4 Å². The molecule has 0 spiro atoms. The molecule has 2 heterocycles. The smallest absolute Gasteiger partial charge is 0.417 e. The molecule has 6 rings (SSSR count). The van der Waals surface area contributed by atoms with Crippen LogP contribution in [0, 0.1) is 16.7 Å². The molecule has 69 heavy (non-hydrogen) atoms. The van der Waals surface area contributed by atoms with Gasteiger partial charge in [-0.3, -0.25) is 24.1 Å². The highest BCUT2D eigenvalue weighted by Crippen LogP contribution is 2.40. The van der Waals surface area contributed by atoms with Gasteiger partial charge in [-0.1, -0.05) is 45.0 Å². The van der Waals surface area contributed by atoms with E-state index in [2.05, 4.69) is 16.0 Å². The predicted molar refractivity (Wildman–Crippen MR) is 259 cm³/mol. The number of alkyl halides is 3. The molecule has 1 unspecified atom stereocenters. The number of hydrogen-bond acceptors (Lipinski definition) is 10. The number of carbonyl (C=O) groups is 4. The molecule has 2 aliphatic heterocycles. The first-order valence-corrected chi connectivity index (χ1v) is 24.0. The predicted octanol–water partition coefficient (Wildman–Crippen LogP) is 7.38. The third-order valence-electron chi connectivity index (χ3n) is 13.0. The molecule has 18 heteroatoms. The number of anilines is 2. The first kappa shape index (κ1) is 52.8. The van der Waals surface area contributed by atoms with Gasteiger partial charge in [0.05, 0.1) is 47.7 Å². The van der Waals surface area contributed by atoms with Gasteiger partial charge in [0.15, 0.2) is 5.11 Å². The molecule has 4 amide bonds. The summed E-state index contributed by atoms with van der Waals surface area (Å²) >= 11 is 5.64. The summed E-state index contributed by atoms with van der Waals surface area (Å²) in [4.78, 5) is 58.7. The standard InChI is InChI=1S/C51H64F3N7O7S/c1-32(56-7)44(62)58-43(49(2,3)4)46(64)59-24-13-17-40(59)45(63)57-42-38-16-10-9-15-33(38)29-41(42)68-28-14-26-66-25-11-8-12-27-67-37-22-20-35(21-23-37)61-48(69)60(47(65)50(61,5)6)36-19-18-34(31-55)39(30-36)51(52,53)54/h9-10,15-16,18-23,30,32,40-43,56H,8,11-14,17,24-29H2,1-7H3,(H,57,63)(H,58,62)/t32-,40-,41+,42-,43?/m0/s1. The number of benzene rings is 3. The molecule has 3 aliphatic rings.